The van der Waals surface area contributed by atoms with Gasteiger partial charge in [-0.3, -0.25) is 4.79 Å². The van der Waals surface area contributed by atoms with Crippen molar-refractivity contribution in [3.63, 3.8) is 0 Å². The van der Waals surface area contributed by atoms with Crippen molar-refractivity contribution in [2.75, 3.05) is 25.4 Å². The number of hydrogen-bond donors (Lipinski definition) is 0. The van der Waals surface area contributed by atoms with Crippen molar-refractivity contribution in [3.8, 4) is 5.75 Å². The maximum absolute atomic E-state index is 13.0. The van der Waals surface area contributed by atoms with Crippen molar-refractivity contribution >= 4 is 29.3 Å². The smallest absolute Gasteiger partial charge is 0.257 e. The van der Waals surface area contributed by atoms with Gasteiger partial charge in [0.1, 0.15) is 5.75 Å². The number of carbonyl (C=O) groups excluding carboxylic acids is 1. The van der Waals surface area contributed by atoms with Gasteiger partial charge in [0.2, 0.25) is 0 Å². The summed E-state index contributed by atoms with van der Waals surface area (Å²) >= 11 is 8.22. The summed E-state index contributed by atoms with van der Waals surface area (Å²) in [7, 11) is 0. The fraction of sp³-hybridized carbons (Fsp3) is 0.350. The second-order valence-corrected chi connectivity index (χ2v) is 7.61. The Hall–Kier alpha value is -1.65. The lowest BCUT2D eigenvalue weighted by Gasteiger charge is -2.22. The van der Waals surface area contributed by atoms with Gasteiger partial charge >= 0.3 is 0 Å². The van der Waals surface area contributed by atoms with Crippen LogP contribution in [0.4, 0.5) is 0 Å². The third-order valence-corrected chi connectivity index (χ3v) is 5.95. The van der Waals surface area contributed by atoms with Crippen LogP contribution in [0.15, 0.2) is 48.5 Å². The second kappa shape index (κ2) is 8.63. The number of ether oxygens (including phenoxy) is 1. The van der Waals surface area contributed by atoms with E-state index in [4.69, 9.17) is 16.3 Å². The van der Waals surface area contributed by atoms with E-state index >= 15 is 0 Å². The van der Waals surface area contributed by atoms with Crippen LogP contribution in [-0.4, -0.2) is 36.3 Å². The maximum atomic E-state index is 13.0. The number of thioether (sulfide) groups is 1. The third-order valence-electron chi connectivity index (χ3n) is 4.30. The van der Waals surface area contributed by atoms with E-state index in [0.717, 1.165) is 35.8 Å². The third kappa shape index (κ3) is 4.31. The summed E-state index contributed by atoms with van der Waals surface area (Å²) < 4.78 is 5.62. The van der Waals surface area contributed by atoms with Gasteiger partial charge in [0.05, 0.1) is 12.2 Å². The van der Waals surface area contributed by atoms with E-state index < -0.39 is 0 Å². The molecule has 0 saturated carbocycles. The molecule has 1 atom stereocenters. The highest BCUT2D eigenvalue weighted by atomic mass is 35.5. The van der Waals surface area contributed by atoms with Gasteiger partial charge in [-0.05, 0) is 37.1 Å². The first-order valence-corrected chi connectivity index (χ1v) is 10.0. The minimum atomic E-state index is 0.0458. The summed E-state index contributed by atoms with van der Waals surface area (Å²) in [5.74, 6) is 1.61. The zero-order valence-corrected chi connectivity index (χ0v) is 15.9. The Labute approximate surface area is 158 Å². The van der Waals surface area contributed by atoms with E-state index in [1.165, 1.54) is 0 Å². The lowest BCUT2D eigenvalue weighted by molar-refractivity contribution is 0.0762. The van der Waals surface area contributed by atoms with Crippen molar-refractivity contribution in [2.45, 2.75) is 18.6 Å². The number of benzene rings is 2. The molecule has 1 unspecified atom stereocenters. The van der Waals surface area contributed by atoms with Crippen molar-refractivity contribution in [1.82, 2.24) is 4.90 Å². The van der Waals surface area contributed by atoms with Crippen LogP contribution in [0.3, 0.4) is 0 Å². The molecule has 0 aromatic heterocycles. The lowest BCUT2D eigenvalue weighted by atomic mass is 10.1. The lowest BCUT2D eigenvalue weighted by Crippen LogP contribution is -2.33. The van der Waals surface area contributed by atoms with Gasteiger partial charge < -0.3 is 9.64 Å². The Kier molecular flexibility index (Phi) is 6.27. The van der Waals surface area contributed by atoms with Crippen LogP contribution < -0.4 is 4.74 Å². The summed E-state index contributed by atoms with van der Waals surface area (Å²) in [5, 5.41) is 1.13. The van der Waals surface area contributed by atoms with E-state index in [1.54, 1.807) is 0 Å². The predicted octanol–water partition coefficient (Wildman–Crippen LogP) is 5.06. The quantitative estimate of drug-likeness (QED) is 0.748. The van der Waals surface area contributed by atoms with Crippen LogP contribution in [0.25, 0.3) is 0 Å². The molecule has 1 amide bonds. The predicted molar refractivity (Wildman–Crippen MR) is 105 cm³/mol. The molecule has 2 aromatic rings. The van der Waals surface area contributed by atoms with Crippen molar-refractivity contribution in [2.24, 2.45) is 0 Å². The number of halogens is 1. The van der Waals surface area contributed by atoms with Crippen molar-refractivity contribution in [3.05, 3.63) is 64.7 Å². The first-order valence-electron chi connectivity index (χ1n) is 8.58. The number of para-hydroxylation sites is 1. The van der Waals surface area contributed by atoms with Crippen LogP contribution in [0.5, 0.6) is 5.75 Å². The Bertz CT molecular complexity index is 737. The van der Waals surface area contributed by atoms with E-state index in [2.05, 4.69) is 6.07 Å². The molecule has 2 aromatic carbocycles. The Morgan fingerprint density at radius 3 is 2.76 bits per heavy atom. The molecule has 0 N–H and O–H groups in total. The molecule has 1 aliphatic rings. The summed E-state index contributed by atoms with van der Waals surface area (Å²) in [6.45, 7) is 3.94. The van der Waals surface area contributed by atoms with Crippen LogP contribution in [0.1, 0.15) is 34.5 Å². The summed E-state index contributed by atoms with van der Waals surface area (Å²) in [5.41, 5.74) is 1.81. The molecule has 0 aliphatic carbocycles. The van der Waals surface area contributed by atoms with E-state index in [1.807, 2.05) is 66.1 Å². The number of hydrogen-bond acceptors (Lipinski definition) is 3. The maximum Gasteiger partial charge on any atom is 0.257 e. The first-order chi connectivity index (χ1) is 12.2. The number of rotatable bonds is 4. The van der Waals surface area contributed by atoms with E-state index in [9.17, 15) is 4.79 Å². The van der Waals surface area contributed by atoms with Gasteiger partial charge in [0.25, 0.3) is 5.91 Å². The van der Waals surface area contributed by atoms with Gasteiger partial charge in [-0.1, -0.05) is 41.9 Å². The van der Waals surface area contributed by atoms with Gasteiger partial charge in [-0.2, -0.15) is 11.8 Å². The largest absolute Gasteiger partial charge is 0.493 e. The molecule has 1 heterocycles. The molecule has 1 fully saturated rings. The SMILES string of the molecule is CCOc1ccccc1C(=O)N1CCSC(c2ccccc2Cl)CC1. The monoisotopic (exact) mass is 375 g/mol. The summed E-state index contributed by atoms with van der Waals surface area (Å²) in [6.07, 6.45) is 0.900. The first kappa shape index (κ1) is 18.2. The Morgan fingerprint density at radius 2 is 1.96 bits per heavy atom. The standard InChI is InChI=1S/C20H22ClNO2S/c1-2-24-18-10-6-4-8-16(18)20(23)22-12-11-19(25-14-13-22)15-7-3-5-9-17(15)21/h3-10,19H,2,11-14H2,1H3. The minimum Gasteiger partial charge on any atom is -0.493 e. The summed E-state index contributed by atoms with van der Waals surface area (Å²) in [4.78, 5) is 14.9. The van der Waals surface area contributed by atoms with Gasteiger partial charge in [-0.25, -0.2) is 0 Å². The Balaban J connectivity index is 1.73. The van der Waals surface area contributed by atoms with Crippen LogP contribution >= 0.6 is 23.4 Å². The topological polar surface area (TPSA) is 29.5 Å². The van der Waals surface area contributed by atoms with Gasteiger partial charge in [-0.15, -0.1) is 0 Å². The van der Waals surface area contributed by atoms with Crippen molar-refractivity contribution < 1.29 is 9.53 Å². The molecule has 1 aliphatic heterocycles. The number of amides is 1. The van der Waals surface area contributed by atoms with Crippen LogP contribution in [0.2, 0.25) is 5.02 Å². The van der Waals surface area contributed by atoms with Gasteiger partial charge in [0.15, 0.2) is 0 Å². The molecule has 1 saturated heterocycles. The average Bonchev–Trinajstić information content (AvgIpc) is 2.88. The highest BCUT2D eigenvalue weighted by molar-refractivity contribution is 7.99. The fourth-order valence-corrected chi connectivity index (χ4v) is 4.65. The molecule has 0 spiro atoms. The Morgan fingerprint density at radius 1 is 1.20 bits per heavy atom. The molecule has 5 heteroatoms. The molecule has 132 valence electrons. The van der Waals surface area contributed by atoms with Crippen molar-refractivity contribution in [1.29, 1.82) is 0 Å². The van der Waals surface area contributed by atoms with E-state index in [-0.39, 0.29) is 5.91 Å². The zero-order valence-electron chi connectivity index (χ0n) is 14.3. The van der Waals surface area contributed by atoms with Crippen LogP contribution in [0, 0.1) is 0 Å². The number of carbonyl (C=O) groups is 1. The summed E-state index contributed by atoms with van der Waals surface area (Å²) in [6, 6.07) is 15.5. The molecule has 3 rings (SSSR count). The normalized spacial score (nSPS) is 17.8. The minimum absolute atomic E-state index is 0.0458. The van der Waals surface area contributed by atoms with E-state index in [0.29, 0.717) is 23.2 Å². The molecule has 25 heavy (non-hydrogen) atoms. The highest BCUT2D eigenvalue weighted by Gasteiger charge is 2.25. The zero-order chi connectivity index (χ0) is 17.6. The molecule has 0 bridgehead atoms. The molecule has 3 nitrogen and oxygen atoms in total. The number of nitrogens with zero attached hydrogens (tertiary/aromatic N) is 1. The second-order valence-electron chi connectivity index (χ2n) is 5.89. The average molecular weight is 376 g/mol. The van der Waals surface area contributed by atoms with Crippen LogP contribution in [-0.2, 0) is 0 Å². The fourth-order valence-electron chi connectivity index (χ4n) is 3.05. The highest BCUT2D eigenvalue weighted by Crippen LogP contribution is 2.38. The molecular weight excluding hydrogens is 354 g/mol. The molecular formula is C20H22ClNO2S. The molecule has 0 radical (unpaired) electrons. The van der Waals surface area contributed by atoms with Gasteiger partial charge in [0, 0.05) is 29.1 Å².